The van der Waals surface area contributed by atoms with Gasteiger partial charge in [0, 0.05) is 38.4 Å². The maximum atomic E-state index is 11.9. The van der Waals surface area contributed by atoms with E-state index in [-0.39, 0.29) is 12.3 Å². The van der Waals surface area contributed by atoms with Gasteiger partial charge in [0.1, 0.15) is 5.82 Å². The molecule has 0 fully saturated rings. The van der Waals surface area contributed by atoms with Crippen molar-refractivity contribution in [1.29, 1.82) is 0 Å². The number of imidazole rings is 1. The number of para-hydroxylation sites is 2. The fraction of sp³-hybridized carbons (Fsp3) is 0.312. The van der Waals surface area contributed by atoms with E-state index < -0.39 is 5.76 Å². The number of benzene rings is 1. The number of amides is 1. The lowest BCUT2D eigenvalue weighted by atomic mass is 10.3. The zero-order valence-corrected chi connectivity index (χ0v) is 12.9. The number of nitrogens with one attached hydrogen (secondary N) is 1. The van der Waals surface area contributed by atoms with Gasteiger partial charge in [-0.2, -0.15) is 0 Å². The SMILES string of the molecule is Cc1nccn1CCNC(=O)CCn1c(=O)oc2ccccc21. The van der Waals surface area contributed by atoms with Gasteiger partial charge in [0.05, 0.1) is 5.52 Å². The summed E-state index contributed by atoms with van der Waals surface area (Å²) >= 11 is 0. The van der Waals surface area contributed by atoms with Crippen LogP contribution in [0.15, 0.2) is 45.9 Å². The smallest absolute Gasteiger partial charge is 0.408 e. The highest BCUT2D eigenvalue weighted by molar-refractivity contribution is 5.76. The van der Waals surface area contributed by atoms with E-state index in [1.165, 1.54) is 4.57 Å². The molecule has 1 aromatic carbocycles. The molecule has 2 aromatic heterocycles. The third-order valence-electron chi connectivity index (χ3n) is 3.73. The maximum Gasteiger partial charge on any atom is 0.419 e. The Morgan fingerprint density at radius 3 is 2.91 bits per heavy atom. The van der Waals surface area contributed by atoms with Gasteiger partial charge in [-0.1, -0.05) is 12.1 Å². The van der Waals surface area contributed by atoms with Crippen LogP contribution in [0.1, 0.15) is 12.2 Å². The summed E-state index contributed by atoms with van der Waals surface area (Å²) in [6, 6.07) is 7.18. The zero-order valence-electron chi connectivity index (χ0n) is 12.9. The summed E-state index contributed by atoms with van der Waals surface area (Å²) in [7, 11) is 0. The van der Waals surface area contributed by atoms with E-state index in [1.54, 1.807) is 24.4 Å². The van der Waals surface area contributed by atoms with Gasteiger partial charge in [0.2, 0.25) is 5.91 Å². The standard InChI is InChI=1S/C16H18N4O3/c1-12-17-7-10-19(12)11-8-18-15(21)6-9-20-13-4-2-3-5-14(13)23-16(20)22/h2-5,7,10H,6,8-9,11H2,1H3,(H,18,21). The molecule has 0 aliphatic heterocycles. The van der Waals surface area contributed by atoms with Gasteiger partial charge in [-0.05, 0) is 19.1 Å². The number of nitrogens with zero attached hydrogens (tertiary/aromatic N) is 3. The number of hydrogen-bond acceptors (Lipinski definition) is 4. The second kappa shape index (κ2) is 6.51. The topological polar surface area (TPSA) is 82.1 Å². The molecule has 3 rings (SSSR count). The molecule has 0 aliphatic carbocycles. The first-order valence-electron chi connectivity index (χ1n) is 7.48. The van der Waals surface area contributed by atoms with Crippen molar-refractivity contribution in [3.63, 3.8) is 0 Å². The van der Waals surface area contributed by atoms with E-state index in [0.29, 0.717) is 30.7 Å². The van der Waals surface area contributed by atoms with Crippen LogP contribution in [0.5, 0.6) is 0 Å². The molecule has 0 saturated carbocycles. The third-order valence-corrected chi connectivity index (χ3v) is 3.73. The van der Waals surface area contributed by atoms with Crippen molar-refractivity contribution in [2.45, 2.75) is 26.4 Å². The average molecular weight is 314 g/mol. The highest BCUT2D eigenvalue weighted by Crippen LogP contribution is 2.11. The Kier molecular flexibility index (Phi) is 4.27. The number of carbonyl (C=O) groups is 1. The normalized spacial score (nSPS) is 11.0. The van der Waals surface area contributed by atoms with Gasteiger partial charge in [-0.15, -0.1) is 0 Å². The zero-order chi connectivity index (χ0) is 16.2. The fourth-order valence-corrected chi connectivity index (χ4v) is 2.48. The van der Waals surface area contributed by atoms with Crippen molar-refractivity contribution in [2.75, 3.05) is 6.54 Å². The number of rotatable bonds is 6. The molecular weight excluding hydrogens is 296 g/mol. The number of carbonyl (C=O) groups excluding carboxylic acids is 1. The van der Waals surface area contributed by atoms with E-state index in [9.17, 15) is 9.59 Å². The van der Waals surface area contributed by atoms with Gasteiger partial charge in [-0.3, -0.25) is 9.36 Å². The van der Waals surface area contributed by atoms with E-state index in [0.717, 1.165) is 5.82 Å². The summed E-state index contributed by atoms with van der Waals surface area (Å²) in [6.45, 7) is 3.41. The molecule has 7 nitrogen and oxygen atoms in total. The van der Waals surface area contributed by atoms with E-state index in [4.69, 9.17) is 4.42 Å². The second-order valence-electron chi connectivity index (χ2n) is 5.26. The molecule has 2 heterocycles. The Labute approximate surface area is 132 Å². The van der Waals surface area contributed by atoms with Crippen LogP contribution in [-0.4, -0.2) is 26.6 Å². The molecule has 1 amide bonds. The predicted molar refractivity (Wildman–Crippen MR) is 85.1 cm³/mol. The van der Waals surface area contributed by atoms with Gasteiger partial charge >= 0.3 is 5.76 Å². The van der Waals surface area contributed by atoms with Crippen molar-refractivity contribution < 1.29 is 9.21 Å². The molecule has 1 N–H and O–H groups in total. The number of hydrogen-bond donors (Lipinski definition) is 1. The molecule has 120 valence electrons. The Balaban J connectivity index is 1.53. The summed E-state index contributed by atoms with van der Waals surface area (Å²) in [5.74, 6) is 0.378. The number of oxazole rings is 1. The minimum absolute atomic E-state index is 0.0973. The number of fused-ring (bicyclic) bond motifs is 1. The Morgan fingerprint density at radius 2 is 2.13 bits per heavy atom. The van der Waals surface area contributed by atoms with Gasteiger partial charge in [-0.25, -0.2) is 9.78 Å². The minimum Gasteiger partial charge on any atom is -0.408 e. The molecule has 23 heavy (non-hydrogen) atoms. The van der Waals surface area contributed by atoms with Crippen LogP contribution in [0.25, 0.3) is 11.1 Å². The highest BCUT2D eigenvalue weighted by atomic mass is 16.4. The van der Waals surface area contributed by atoms with Crippen LogP contribution in [0.4, 0.5) is 0 Å². The molecule has 7 heteroatoms. The first kappa shape index (κ1) is 15.1. The van der Waals surface area contributed by atoms with Crippen LogP contribution in [0.3, 0.4) is 0 Å². The van der Waals surface area contributed by atoms with E-state index in [2.05, 4.69) is 10.3 Å². The summed E-state index contributed by atoms with van der Waals surface area (Å²) < 4.78 is 8.59. The summed E-state index contributed by atoms with van der Waals surface area (Å²) in [4.78, 5) is 27.9. The lowest BCUT2D eigenvalue weighted by Gasteiger charge is -2.07. The molecule has 0 aliphatic rings. The first-order valence-corrected chi connectivity index (χ1v) is 7.48. The predicted octanol–water partition coefficient (Wildman–Crippen LogP) is 1.31. The number of aromatic nitrogens is 3. The molecule has 0 atom stereocenters. The molecule has 0 radical (unpaired) electrons. The Morgan fingerprint density at radius 1 is 1.30 bits per heavy atom. The van der Waals surface area contributed by atoms with Crippen molar-refractivity contribution in [1.82, 2.24) is 19.4 Å². The molecular formula is C16H18N4O3. The molecule has 3 aromatic rings. The molecule has 0 saturated heterocycles. The highest BCUT2D eigenvalue weighted by Gasteiger charge is 2.10. The van der Waals surface area contributed by atoms with Crippen LogP contribution >= 0.6 is 0 Å². The van der Waals surface area contributed by atoms with Crippen LogP contribution in [0.2, 0.25) is 0 Å². The van der Waals surface area contributed by atoms with Crippen molar-refractivity contribution in [3.8, 4) is 0 Å². The molecule has 0 spiro atoms. The molecule has 0 bridgehead atoms. The van der Waals surface area contributed by atoms with Crippen LogP contribution < -0.4 is 11.1 Å². The second-order valence-corrected chi connectivity index (χ2v) is 5.26. The summed E-state index contributed by atoms with van der Waals surface area (Å²) in [5.41, 5.74) is 1.24. The van der Waals surface area contributed by atoms with Gasteiger partial charge < -0.3 is 14.3 Å². The monoisotopic (exact) mass is 314 g/mol. The van der Waals surface area contributed by atoms with Crippen molar-refractivity contribution >= 4 is 17.0 Å². The Hall–Kier alpha value is -2.83. The van der Waals surface area contributed by atoms with E-state index >= 15 is 0 Å². The first-order chi connectivity index (χ1) is 11.1. The third kappa shape index (κ3) is 3.33. The minimum atomic E-state index is -0.437. The van der Waals surface area contributed by atoms with Crippen LogP contribution in [-0.2, 0) is 17.9 Å². The van der Waals surface area contributed by atoms with Crippen LogP contribution in [0, 0.1) is 6.92 Å². The van der Waals surface area contributed by atoms with E-state index in [1.807, 2.05) is 23.8 Å². The lowest BCUT2D eigenvalue weighted by molar-refractivity contribution is -0.121. The van der Waals surface area contributed by atoms with Crippen molar-refractivity contribution in [2.24, 2.45) is 0 Å². The van der Waals surface area contributed by atoms with Gasteiger partial charge in [0.25, 0.3) is 0 Å². The summed E-state index contributed by atoms with van der Waals surface area (Å²) in [6.07, 6.45) is 3.83. The average Bonchev–Trinajstić information content (AvgIpc) is 3.08. The lowest BCUT2D eigenvalue weighted by Crippen LogP contribution is -2.29. The molecule has 0 unspecified atom stereocenters. The van der Waals surface area contributed by atoms with Gasteiger partial charge in [0.15, 0.2) is 5.58 Å². The fourth-order valence-electron chi connectivity index (χ4n) is 2.48. The van der Waals surface area contributed by atoms with Crippen molar-refractivity contribution in [3.05, 3.63) is 53.0 Å². The summed E-state index contributed by atoms with van der Waals surface area (Å²) in [5, 5.41) is 2.84. The number of aryl methyl sites for hydroxylation is 2. The quantitative estimate of drug-likeness (QED) is 0.743. The maximum absolute atomic E-state index is 11.9. The largest absolute Gasteiger partial charge is 0.419 e. The Bertz CT molecular complexity index is 875.